The number of hydrogen-bond acceptors (Lipinski definition) is 4. The molecule has 0 saturated carbocycles. The summed E-state index contributed by atoms with van der Waals surface area (Å²) in [6, 6.07) is 2.38. The molecular formula is C13H13BrF2N4. The van der Waals surface area contributed by atoms with Gasteiger partial charge in [-0.05, 0) is 18.6 Å². The van der Waals surface area contributed by atoms with Gasteiger partial charge < -0.3 is 10.6 Å². The van der Waals surface area contributed by atoms with E-state index in [1.165, 1.54) is 18.5 Å². The lowest BCUT2D eigenvalue weighted by atomic mass is 10.2. The summed E-state index contributed by atoms with van der Waals surface area (Å²) in [5.41, 5.74) is 0.528. The van der Waals surface area contributed by atoms with Gasteiger partial charge in [0.2, 0.25) is 0 Å². The molecule has 7 heteroatoms. The zero-order valence-electron chi connectivity index (χ0n) is 11.0. The van der Waals surface area contributed by atoms with Crippen molar-refractivity contribution in [3.8, 4) is 0 Å². The highest BCUT2D eigenvalue weighted by Crippen LogP contribution is 2.29. The molecule has 0 atom stereocenters. The third kappa shape index (κ3) is 2.87. The minimum Gasteiger partial charge on any atom is -0.373 e. The predicted molar refractivity (Wildman–Crippen MR) is 78.3 cm³/mol. The van der Waals surface area contributed by atoms with Gasteiger partial charge in [-0.2, -0.15) is 0 Å². The van der Waals surface area contributed by atoms with Crippen LogP contribution >= 0.6 is 15.9 Å². The molecule has 0 bridgehead atoms. The monoisotopic (exact) mass is 342 g/mol. The Balaban J connectivity index is 2.45. The summed E-state index contributed by atoms with van der Waals surface area (Å²) in [6.07, 6.45) is 1.96. The Bertz CT molecular complexity index is 611. The first-order valence-corrected chi connectivity index (χ1v) is 6.79. The van der Waals surface area contributed by atoms with E-state index in [2.05, 4.69) is 36.5 Å². The molecule has 0 aliphatic carbocycles. The highest BCUT2D eigenvalue weighted by molar-refractivity contribution is 9.10. The van der Waals surface area contributed by atoms with E-state index in [0.717, 1.165) is 5.56 Å². The van der Waals surface area contributed by atoms with Crippen LogP contribution in [0.1, 0.15) is 12.5 Å². The predicted octanol–water partition coefficient (Wildman–Crippen LogP) is 3.87. The molecule has 0 amide bonds. The summed E-state index contributed by atoms with van der Waals surface area (Å²) >= 11 is 3.04. The van der Waals surface area contributed by atoms with Crippen molar-refractivity contribution in [2.45, 2.75) is 13.3 Å². The Hall–Kier alpha value is -1.76. The summed E-state index contributed by atoms with van der Waals surface area (Å²) in [5.74, 6) is -0.373. The van der Waals surface area contributed by atoms with Gasteiger partial charge in [-0.25, -0.2) is 18.7 Å². The molecule has 2 rings (SSSR count). The molecular weight excluding hydrogens is 330 g/mol. The van der Waals surface area contributed by atoms with Gasteiger partial charge in [0.05, 0.1) is 0 Å². The zero-order chi connectivity index (χ0) is 14.7. The average Bonchev–Trinajstić information content (AvgIpc) is 2.42. The SMILES string of the molecule is CCc1c(NC)ncnc1Nc1c(F)cc(Br)cc1F. The standard InChI is InChI=1S/C13H13BrF2N4/c1-3-8-12(17-2)18-6-19-13(8)20-11-9(15)4-7(14)5-10(11)16/h4-6H,3H2,1-2H3,(H2,17,18,19,20). The van der Waals surface area contributed by atoms with Crippen LogP contribution in [0.5, 0.6) is 0 Å². The quantitative estimate of drug-likeness (QED) is 0.885. The van der Waals surface area contributed by atoms with Crippen LogP contribution in [0.25, 0.3) is 0 Å². The van der Waals surface area contributed by atoms with Gasteiger partial charge in [0.15, 0.2) is 11.6 Å². The number of nitrogens with zero attached hydrogens (tertiary/aromatic N) is 2. The largest absolute Gasteiger partial charge is 0.373 e. The van der Waals surface area contributed by atoms with Crippen LogP contribution in [0.4, 0.5) is 26.1 Å². The summed E-state index contributed by atoms with van der Waals surface area (Å²) < 4.78 is 28.0. The van der Waals surface area contributed by atoms with Gasteiger partial charge in [0.25, 0.3) is 0 Å². The number of anilines is 3. The molecule has 1 aromatic carbocycles. The van der Waals surface area contributed by atoms with E-state index in [1.807, 2.05) is 6.92 Å². The van der Waals surface area contributed by atoms with Gasteiger partial charge in [0.1, 0.15) is 23.7 Å². The van der Waals surface area contributed by atoms with Gasteiger partial charge in [-0.1, -0.05) is 22.9 Å². The molecule has 0 aliphatic heterocycles. The van der Waals surface area contributed by atoms with E-state index in [4.69, 9.17) is 0 Å². The lowest BCUT2D eigenvalue weighted by Gasteiger charge is -2.14. The lowest BCUT2D eigenvalue weighted by molar-refractivity contribution is 0.589. The molecule has 106 valence electrons. The van der Waals surface area contributed by atoms with Crippen LogP contribution in [-0.2, 0) is 6.42 Å². The van der Waals surface area contributed by atoms with Crippen molar-refractivity contribution < 1.29 is 8.78 Å². The van der Waals surface area contributed by atoms with Crippen LogP contribution in [0, 0.1) is 11.6 Å². The fraction of sp³-hybridized carbons (Fsp3) is 0.231. The summed E-state index contributed by atoms with van der Waals surface area (Å²) in [6.45, 7) is 1.92. The fourth-order valence-electron chi connectivity index (χ4n) is 1.85. The van der Waals surface area contributed by atoms with Gasteiger partial charge >= 0.3 is 0 Å². The second-order valence-electron chi connectivity index (χ2n) is 4.02. The number of benzene rings is 1. The van der Waals surface area contributed by atoms with Gasteiger partial charge in [-0.3, -0.25) is 0 Å². The molecule has 4 nitrogen and oxygen atoms in total. The summed E-state index contributed by atoms with van der Waals surface area (Å²) in [7, 11) is 1.73. The Labute approximate surface area is 123 Å². The van der Waals surface area contributed by atoms with Crippen molar-refractivity contribution in [1.82, 2.24) is 9.97 Å². The molecule has 0 spiro atoms. The normalized spacial score (nSPS) is 10.4. The van der Waals surface area contributed by atoms with E-state index in [0.29, 0.717) is 22.5 Å². The first kappa shape index (κ1) is 14.6. The number of halogens is 3. The molecule has 1 aromatic heterocycles. The second kappa shape index (κ2) is 6.13. The lowest BCUT2D eigenvalue weighted by Crippen LogP contribution is -2.06. The van der Waals surface area contributed by atoms with Crippen molar-refractivity contribution >= 4 is 33.3 Å². The minimum atomic E-state index is -0.691. The molecule has 2 aromatic rings. The zero-order valence-corrected chi connectivity index (χ0v) is 12.6. The first-order chi connectivity index (χ1) is 9.56. The smallest absolute Gasteiger partial charge is 0.150 e. The maximum Gasteiger partial charge on any atom is 0.150 e. The third-order valence-corrected chi connectivity index (χ3v) is 3.24. The van der Waals surface area contributed by atoms with E-state index in [9.17, 15) is 8.78 Å². The fourth-order valence-corrected chi connectivity index (χ4v) is 2.25. The minimum absolute atomic E-state index is 0.233. The Morgan fingerprint density at radius 1 is 1.15 bits per heavy atom. The Kier molecular flexibility index (Phi) is 4.49. The maximum absolute atomic E-state index is 13.8. The number of hydrogen-bond donors (Lipinski definition) is 2. The molecule has 2 N–H and O–H groups in total. The highest BCUT2D eigenvalue weighted by atomic mass is 79.9. The molecule has 0 aliphatic rings. The number of rotatable bonds is 4. The maximum atomic E-state index is 13.8. The molecule has 0 radical (unpaired) electrons. The van der Waals surface area contributed by atoms with Gasteiger partial charge in [0, 0.05) is 17.1 Å². The molecule has 0 saturated heterocycles. The molecule has 0 unspecified atom stereocenters. The topological polar surface area (TPSA) is 49.8 Å². The van der Waals surface area contributed by atoms with E-state index in [1.54, 1.807) is 7.05 Å². The van der Waals surface area contributed by atoms with Gasteiger partial charge in [-0.15, -0.1) is 0 Å². The van der Waals surface area contributed by atoms with Crippen molar-refractivity contribution in [3.63, 3.8) is 0 Å². The van der Waals surface area contributed by atoms with Crippen LogP contribution in [-0.4, -0.2) is 17.0 Å². The number of nitrogens with one attached hydrogen (secondary N) is 2. The average molecular weight is 343 g/mol. The molecule has 0 fully saturated rings. The van der Waals surface area contributed by atoms with Crippen LogP contribution in [0.3, 0.4) is 0 Å². The van der Waals surface area contributed by atoms with Crippen molar-refractivity contribution in [2.75, 3.05) is 17.7 Å². The van der Waals surface area contributed by atoms with Crippen molar-refractivity contribution in [2.24, 2.45) is 0 Å². The van der Waals surface area contributed by atoms with Crippen molar-refractivity contribution in [3.05, 3.63) is 40.1 Å². The third-order valence-electron chi connectivity index (χ3n) is 2.79. The highest BCUT2D eigenvalue weighted by Gasteiger charge is 2.15. The summed E-state index contributed by atoms with van der Waals surface area (Å²) in [4.78, 5) is 8.12. The molecule has 1 heterocycles. The van der Waals surface area contributed by atoms with Crippen molar-refractivity contribution in [1.29, 1.82) is 0 Å². The molecule has 20 heavy (non-hydrogen) atoms. The second-order valence-corrected chi connectivity index (χ2v) is 4.94. The van der Waals surface area contributed by atoms with E-state index in [-0.39, 0.29) is 5.69 Å². The first-order valence-electron chi connectivity index (χ1n) is 6.00. The van der Waals surface area contributed by atoms with Crippen LogP contribution < -0.4 is 10.6 Å². The Morgan fingerprint density at radius 3 is 2.30 bits per heavy atom. The van der Waals surface area contributed by atoms with Crippen LogP contribution in [0.2, 0.25) is 0 Å². The summed E-state index contributed by atoms with van der Waals surface area (Å²) in [5, 5.41) is 5.62. The number of aromatic nitrogens is 2. The van der Waals surface area contributed by atoms with E-state index < -0.39 is 11.6 Å². The Morgan fingerprint density at radius 2 is 1.75 bits per heavy atom. The van der Waals surface area contributed by atoms with Crippen LogP contribution in [0.15, 0.2) is 22.9 Å². The van der Waals surface area contributed by atoms with E-state index >= 15 is 0 Å².